The summed E-state index contributed by atoms with van der Waals surface area (Å²) in [7, 11) is 0. The Morgan fingerprint density at radius 1 is 0.897 bits per heavy atom. The number of benzene rings is 3. The number of hydrogen-bond donors (Lipinski definition) is 0. The van der Waals surface area contributed by atoms with Crippen molar-refractivity contribution in [2.75, 3.05) is 13.1 Å². The second-order valence-corrected chi connectivity index (χ2v) is 8.34. The molecule has 0 N–H and O–H groups in total. The first-order chi connectivity index (χ1) is 14.0. The molecule has 0 aromatic heterocycles. The molecule has 0 bridgehead atoms. The van der Waals surface area contributed by atoms with Gasteiger partial charge in [-0.2, -0.15) is 0 Å². The van der Waals surface area contributed by atoms with Crippen molar-refractivity contribution in [3.05, 3.63) is 105 Å². The van der Waals surface area contributed by atoms with Crippen LogP contribution in [-0.4, -0.2) is 22.9 Å². The van der Waals surface area contributed by atoms with E-state index in [1.165, 1.54) is 17.2 Å². The molecule has 2 nitrogen and oxygen atoms in total. The van der Waals surface area contributed by atoms with E-state index in [2.05, 4.69) is 47.1 Å². The zero-order valence-corrected chi connectivity index (χ0v) is 17.8. The van der Waals surface area contributed by atoms with Gasteiger partial charge in [-0.3, -0.25) is 9.80 Å². The SMILES string of the molecule is Cc1ccccc1CN1CCN(Cc2c(F)cccc2Cl)[C@H]1c1cccc(Cl)c1. The summed E-state index contributed by atoms with van der Waals surface area (Å²) in [6.07, 6.45) is 0.00368. The Morgan fingerprint density at radius 2 is 1.62 bits per heavy atom. The van der Waals surface area contributed by atoms with Gasteiger partial charge in [-0.15, -0.1) is 0 Å². The summed E-state index contributed by atoms with van der Waals surface area (Å²) in [4.78, 5) is 4.69. The fraction of sp³-hybridized carbons (Fsp3) is 0.250. The van der Waals surface area contributed by atoms with E-state index in [9.17, 15) is 4.39 Å². The second-order valence-electron chi connectivity index (χ2n) is 7.50. The third-order valence-corrected chi connectivity index (χ3v) is 6.16. The van der Waals surface area contributed by atoms with E-state index in [0.29, 0.717) is 22.2 Å². The van der Waals surface area contributed by atoms with Crippen LogP contribution in [0, 0.1) is 12.7 Å². The molecule has 5 heteroatoms. The highest BCUT2D eigenvalue weighted by Crippen LogP contribution is 2.35. The highest BCUT2D eigenvalue weighted by atomic mass is 35.5. The number of nitrogens with zero attached hydrogens (tertiary/aromatic N) is 2. The van der Waals surface area contributed by atoms with E-state index in [1.54, 1.807) is 12.1 Å². The van der Waals surface area contributed by atoms with Gasteiger partial charge in [0.2, 0.25) is 0 Å². The third kappa shape index (κ3) is 4.49. The zero-order chi connectivity index (χ0) is 20.4. The lowest BCUT2D eigenvalue weighted by molar-refractivity contribution is 0.124. The molecule has 0 amide bonds. The van der Waals surface area contributed by atoms with Crippen molar-refractivity contribution in [3.63, 3.8) is 0 Å². The van der Waals surface area contributed by atoms with Gasteiger partial charge in [0, 0.05) is 41.8 Å². The Kier molecular flexibility index (Phi) is 6.21. The van der Waals surface area contributed by atoms with Crippen LogP contribution in [0.2, 0.25) is 10.0 Å². The van der Waals surface area contributed by atoms with E-state index in [4.69, 9.17) is 23.2 Å². The summed E-state index contributed by atoms with van der Waals surface area (Å²) in [5, 5.41) is 1.17. The molecule has 1 aliphatic rings. The van der Waals surface area contributed by atoms with Gasteiger partial charge in [-0.05, 0) is 47.9 Å². The Hall–Kier alpha value is -1.91. The standard InChI is InChI=1S/C24H23Cl2FN2/c1-17-6-2-3-7-19(17)15-28-12-13-29(16-21-22(26)10-5-11-23(21)27)24(28)18-8-4-9-20(25)14-18/h2-11,14,24H,12-13,15-16H2,1H3/t24-/m0/s1. The van der Waals surface area contributed by atoms with Crippen molar-refractivity contribution < 1.29 is 4.39 Å². The van der Waals surface area contributed by atoms with Crippen molar-refractivity contribution in [2.24, 2.45) is 0 Å². The predicted octanol–water partition coefficient (Wildman–Crippen LogP) is 6.46. The largest absolute Gasteiger partial charge is 0.278 e. The molecule has 0 aliphatic carbocycles. The van der Waals surface area contributed by atoms with Crippen LogP contribution in [-0.2, 0) is 13.1 Å². The Morgan fingerprint density at radius 3 is 2.34 bits per heavy atom. The molecule has 4 rings (SSSR count). The molecule has 150 valence electrons. The topological polar surface area (TPSA) is 6.48 Å². The quantitative estimate of drug-likeness (QED) is 0.460. The van der Waals surface area contributed by atoms with Gasteiger partial charge < -0.3 is 0 Å². The van der Waals surface area contributed by atoms with Crippen LogP contribution < -0.4 is 0 Å². The molecule has 0 radical (unpaired) electrons. The molecule has 1 atom stereocenters. The molecule has 0 unspecified atom stereocenters. The van der Waals surface area contributed by atoms with Gasteiger partial charge in [0.15, 0.2) is 0 Å². The van der Waals surface area contributed by atoms with E-state index in [1.807, 2.05) is 18.2 Å². The number of hydrogen-bond acceptors (Lipinski definition) is 2. The first-order valence-electron chi connectivity index (χ1n) is 9.74. The first-order valence-corrected chi connectivity index (χ1v) is 10.5. The number of aryl methyl sites for hydroxylation is 1. The molecule has 1 heterocycles. The lowest BCUT2D eigenvalue weighted by atomic mass is 10.1. The number of halogens is 3. The fourth-order valence-corrected chi connectivity index (χ4v) is 4.47. The molecule has 29 heavy (non-hydrogen) atoms. The monoisotopic (exact) mass is 428 g/mol. The van der Waals surface area contributed by atoms with Crippen molar-refractivity contribution in [2.45, 2.75) is 26.2 Å². The van der Waals surface area contributed by atoms with Crippen LogP contribution in [0.25, 0.3) is 0 Å². The first kappa shape index (κ1) is 20.4. The maximum absolute atomic E-state index is 14.4. The summed E-state index contributed by atoms with van der Waals surface area (Å²) in [6.45, 7) is 5.13. The third-order valence-electron chi connectivity index (χ3n) is 5.57. The summed E-state index contributed by atoms with van der Waals surface area (Å²) in [5.74, 6) is -0.264. The minimum Gasteiger partial charge on any atom is -0.278 e. The Labute approximate surface area is 181 Å². The van der Waals surface area contributed by atoms with Crippen LogP contribution in [0.5, 0.6) is 0 Å². The molecular weight excluding hydrogens is 406 g/mol. The minimum absolute atomic E-state index is 0.00368. The maximum Gasteiger partial charge on any atom is 0.129 e. The van der Waals surface area contributed by atoms with Gasteiger partial charge in [0.25, 0.3) is 0 Å². The highest BCUT2D eigenvalue weighted by Gasteiger charge is 2.34. The zero-order valence-electron chi connectivity index (χ0n) is 16.3. The van der Waals surface area contributed by atoms with Crippen LogP contribution >= 0.6 is 23.2 Å². The van der Waals surface area contributed by atoms with Gasteiger partial charge in [0.1, 0.15) is 5.82 Å². The lowest BCUT2D eigenvalue weighted by Gasteiger charge is -2.31. The van der Waals surface area contributed by atoms with E-state index < -0.39 is 0 Å². The van der Waals surface area contributed by atoms with Gasteiger partial charge in [-0.1, -0.05) is 65.7 Å². The molecular formula is C24H23Cl2FN2. The maximum atomic E-state index is 14.4. The van der Waals surface area contributed by atoms with Gasteiger partial charge in [0.05, 0.1) is 6.17 Å². The predicted molar refractivity (Wildman–Crippen MR) is 118 cm³/mol. The van der Waals surface area contributed by atoms with Crippen LogP contribution in [0.3, 0.4) is 0 Å². The van der Waals surface area contributed by atoms with E-state index in [-0.39, 0.29) is 12.0 Å². The Bertz CT molecular complexity index is 987. The summed E-state index contributed by atoms with van der Waals surface area (Å²) in [5.41, 5.74) is 4.22. The highest BCUT2D eigenvalue weighted by molar-refractivity contribution is 6.31. The van der Waals surface area contributed by atoms with Crippen LogP contribution in [0.1, 0.15) is 28.4 Å². The lowest BCUT2D eigenvalue weighted by Crippen LogP contribution is -2.31. The number of rotatable bonds is 5. The van der Waals surface area contributed by atoms with Crippen molar-refractivity contribution in [1.29, 1.82) is 0 Å². The molecule has 0 saturated carbocycles. The van der Waals surface area contributed by atoms with Gasteiger partial charge >= 0.3 is 0 Å². The van der Waals surface area contributed by atoms with Crippen LogP contribution in [0.4, 0.5) is 4.39 Å². The van der Waals surface area contributed by atoms with E-state index in [0.717, 1.165) is 25.2 Å². The van der Waals surface area contributed by atoms with E-state index >= 15 is 0 Å². The second kappa shape index (κ2) is 8.85. The minimum atomic E-state index is -0.264. The van der Waals surface area contributed by atoms with Crippen molar-refractivity contribution >= 4 is 23.2 Å². The molecule has 0 spiro atoms. The Balaban J connectivity index is 1.67. The van der Waals surface area contributed by atoms with Crippen molar-refractivity contribution in [3.8, 4) is 0 Å². The smallest absolute Gasteiger partial charge is 0.129 e. The molecule has 3 aromatic carbocycles. The van der Waals surface area contributed by atoms with Crippen molar-refractivity contribution in [1.82, 2.24) is 9.80 Å². The summed E-state index contributed by atoms with van der Waals surface area (Å²) in [6, 6.07) is 21.2. The summed E-state index contributed by atoms with van der Waals surface area (Å²) < 4.78 is 14.4. The average Bonchev–Trinajstić information content (AvgIpc) is 3.09. The molecule has 1 aliphatic heterocycles. The van der Waals surface area contributed by atoms with Gasteiger partial charge in [-0.25, -0.2) is 4.39 Å². The normalized spacial score (nSPS) is 17.7. The molecule has 1 saturated heterocycles. The van der Waals surface area contributed by atoms with Crippen LogP contribution in [0.15, 0.2) is 66.7 Å². The fourth-order valence-electron chi connectivity index (χ4n) is 4.05. The average molecular weight is 429 g/mol. The molecule has 3 aromatic rings. The molecule has 1 fully saturated rings. The summed E-state index contributed by atoms with van der Waals surface area (Å²) >= 11 is 12.6.